The smallest absolute Gasteiger partial charge is 0.351 e. The second kappa shape index (κ2) is 10.2. The fraction of sp³-hybridized carbons (Fsp3) is 0.600. The Morgan fingerprint density at radius 2 is 1.61 bits per heavy atom. The minimum atomic E-state index is -1.50. The molecule has 2 aliphatic rings. The SMILES string of the molecule is C[C@@]1(c2c[nH]c(=O)[nH]c2=O)O[C@H](CO)[C@@H](O)[C@H]1O.C[C@@]1(n2ccc(N)nc2=O)O[C@H](CO)[C@@H](O)[C@H]1O. The molecule has 2 saturated heterocycles. The van der Waals surface area contributed by atoms with Crippen molar-refractivity contribution >= 4 is 5.82 Å². The van der Waals surface area contributed by atoms with Gasteiger partial charge in [0.15, 0.2) is 5.72 Å². The van der Waals surface area contributed by atoms with Gasteiger partial charge in [-0.1, -0.05) is 0 Å². The van der Waals surface area contributed by atoms with E-state index in [1.807, 2.05) is 4.98 Å². The molecule has 0 radical (unpaired) electrons. The molecule has 36 heavy (non-hydrogen) atoms. The second-order valence-electron chi connectivity index (χ2n) is 8.70. The summed E-state index contributed by atoms with van der Waals surface area (Å²) in [6.07, 6.45) is -4.86. The van der Waals surface area contributed by atoms with Crippen LogP contribution in [0, 0.1) is 0 Å². The number of hydrogen-bond donors (Lipinski definition) is 9. The van der Waals surface area contributed by atoms with Gasteiger partial charge in [-0.25, -0.2) is 9.59 Å². The Balaban J connectivity index is 0.000000201. The molecule has 0 saturated carbocycles. The van der Waals surface area contributed by atoms with Crippen molar-refractivity contribution < 1.29 is 40.1 Å². The zero-order chi connectivity index (χ0) is 27.0. The van der Waals surface area contributed by atoms with Crippen LogP contribution in [-0.4, -0.2) is 100.0 Å². The zero-order valence-corrected chi connectivity index (χ0v) is 19.3. The number of aliphatic hydroxyl groups excluding tert-OH is 6. The van der Waals surface area contributed by atoms with Gasteiger partial charge in [-0.15, -0.1) is 0 Å². The van der Waals surface area contributed by atoms with E-state index in [2.05, 4.69) is 9.97 Å². The van der Waals surface area contributed by atoms with Crippen molar-refractivity contribution in [3.8, 4) is 0 Å². The van der Waals surface area contributed by atoms with Crippen LogP contribution >= 0.6 is 0 Å². The fourth-order valence-electron chi connectivity index (χ4n) is 4.19. The number of ether oxygens (including phenoxy) is 2. The molecule has 0 spiro atoms. The van der Waals surface area contributed by atoms with Gasteiger partial charge in [0.05, 0.1) is 18.8 Å². The van der Waals surface area contributed by atoms with E-state index in [0.717, 1.165) is 10.8 Å². The van der Waals surface area contributed by atoms with Gasteiger partial charge in [0.2, 0.25) is 0 Å². The molecular weight excluding hydrogens is 486 g/mol. The highest BCUT2D eigenvalue weighted by atomic mass is 16.6. The van der Waals surface area contributed by atoms with Crippen LogP contribution in [-0.2, 0) is 20.8 Å². The van der Waals surface area contributed by atoms with Gasteiger partial charge in [-0.2, -0.15) is 4.98 Å². The number of hydrogen-bond acceptors (Lipinski definition) is 13. The zero-order valence-electron chi connectivity index (χ0n) is 19.3. The number of H-pyrrole nitrogens is 2. The minimum absolute atomic E-state index is 0.0235. The van der Waals surface area contributed by atoms with E-state index < -0.39 is 78.1 Å². The molecule has 0 amide bonds. The van der Waals surface area contributed by atoms with Crippen LogP contribution in [0.25, 0.3) is 0 Å². The monoisotopic (exact) mass is 515 g/mol. The Kier molecular flexibility index (Phi) is 7.82. The number of nitrogens with one attached hydrogen (secondary N) is 2. The second-order valence-corrected chi connectivity index (χ2v) is 8.70. The summed E-state index contributed by atoms with van der Waals surface area (Å²) in [4.78, 5) is 42.1. The molecule has 2 aromatic rings. The largest absolute Gasteiger partial charge is 0.394 e. The van der Waals surface area contributed by atoms with Gasteiger partial charge in [0.25, 0.3) is 5.56 Å². The summed E-state index contributed by atoms with van der Waals surface area (Å²) >= 11 is 0. The number of aromatic amines is 2. The quantitative estimate of drug-likeness (QED) is 0.185. The van der Waals surface area contributed by atoms with Gasteiger partial charge in [-0.05, 0) is 19.9 Å². The van der Waals surface area contributed by atoms with Gasteiger partial charge in [-0.3, -0.25) is 14.3 Å². The molecule has 16 nitrogen and oxygen atoms in total. The lowest BCUT2D eigenvalue weighted by Crippen LogP contribution is -2.48. The van der Waals surface area contributed by atoms with E-state index >= 15 is 0 Å². The maximum absolute atomic E-state index is 11.7. The van der Waals surface area contributed by atoms with Gasteiger partial charge in [0.1, 0.15) is 48.0 Å². The van der Waals surface area contributed by atoms with E-state index in [-0.39, 0.29) is 11.4 Å². The van der Waals surface area contributed by atoms with Gasteiger partial charge in [0, 0.05) is 12.4 Å². The van der Waals surface area contributed by atoms with Crippen molar-refractivity contribution in [2.24, 2.45) is 0 Å². The summed E-state index contributed by atoms with van der Waals surface area (Å²) in [7, 11) is 0. The molecule has 0 aliphatic carbocycles. The van der Waals surface area contributed by atoms with E-state index in [1.54, 1.807) is 0 Å². The van der Waals surface area contributed by atoms with Crippen molar-refractivity contribution in [2.75, 3.05) is 18.9 Å². The third-order valence-corrected chi connectivity index (χ3v) is 6.33. The number of aliphatic hydroxyl groups is 6. The standard InChI is InChI=1S/C10H15N3O5.C10H14N2O6/c1-10(8(16)7(15)5(4-14)18-10)13-3-2-6(11)12-9(13)17;1-10(4-2-11-9(17)12-8(4)16)7(15)6(14)5(3-13)18-10/h2-3,5,7-8,14-16H,4H2,1H3,(H2,11,12,17);2,5-7,13-15H,3H2,1H3,(H2,11,12,16,17)/t5-,7-,8-,10-;5-,6-,7-,10+/m11/s1. The first-order valence-corrected chi connectivity index (χ1v) is 10.8. The van der Waals surface area contributed by atoms with Crippen molar-refractivity contribution in [1.29, 1.82) is 0 Å². The Morgan fingerprint density at radius 1 is 1.03 bits per heavy atom. The predicted octanol–water partition coefficient (Wildman–Crippen LogP) is -5.00. The first-order chi connectivity index (χ1) is 16.8. The summed E-state index contributed by atoms with van der Waals surface area (Å²) in [5.74, 6) is 0.0478. The molecule has 0 unspecified atom stereocenters. The van der Waals surface area contributed by atoms with Crippen molar-refractivity contribution in [1.82, 2.24) is 19.5 Å². The number of rotatable bonds is 4. The number of anilines is 1. The third-order valence-electron chi connectivity index (χ3n) is 6.33. The lowest BCUT2D eigenvalue weighted by Gasteiger charge is -2.29. The number of nitrogens with two attached hydrogens (primary N) is 1. The summed E-state index contributed by atoms with van der Waals surface area (Å²) in [6, 6.07) is 1.38. The van der Waals surface area contributed by atoms with Crippen molar-refractivity contribution in [2.45, 2.75) is 61.8 Å². The molecule has 4 heterocycles. The van der Waals surface area contributed by atoms with Crippen LogP contribution in [0.2, 0.25) is 0 Å². The molecular formula is C20H29N5O11. The highest BCUT2D eigenvalue weighted by Gasteiger charge is 2.54. The molecule has 4 rings (SSSR count). The van der Waals surface area contributed by atoms with E-state index in [1.165, 1.54) is 26.1 Å². The molecule has 8 atom stereocenters. The van der Waals surface area contributed by atoms with Crippen LogP contribution in [0.1, 0.15) is 19.4 Å². The maximum atomic E-state index is 11.7. The normalized spacial score (nSPS) is 35.9. The topological polar surface area (TPSA) is 266 Å². The van der Waals surface area contributed by atoms with E-state index in [9.17, 15) is 34.8 Å². The summed E-state index contributed by atoms with van der Waals surface area (Å²) in [6.45, 7) is 1.87. The molecule has 0 bridgehead atoms. The molecule has 10 N–H and O–H groups in total. The molecule has 16 heteroatoms. The average molecular weight is 515 g/mol. The van der Waals surface area contributed by atoms with E-state index in [0.29, 0.717) is 0 Å². The van der Waals surface area contributed by atoms with Crippen molar-refractivity contribution in [3.05, 3.63) is 55.3 Å². The molecule has 200 valence electrons. The average Bonchev–Trinajstić information content (AvgIpc) is 3.19. The third kappa shape index (κ3) is 4.72. The van der Waals surface area contributed by atoms with Gasteiger partial charge >= 0.3 is 11.4 Å². The van der Waals surface area contributed by atoms with Gasteiger partial charge < -0.3 is 50.8 Å². The van der Waals surface area contributed by atoms with Crippen molar-refractivity contribution in [3.63, 3.8) is 0 Å². The Morgan fingerprint density at radius 3 is 2.11 bits per heavy atom. The maximum Gasteiger partial charge on any atom is 0.351 e. The summed E-state index contributed by atoms with van der Waals surface area (Å²) < 4.78 is 11.7. The lowest BCUT2D eigenvalue weighted by molar-refractivity contribution is -0.137. The highest BCUT2D eigenvalue weighted by molar-refractivity contribution is 5.24. The molecule has 0 aromatic carbocycles. The van der Waals surface area contributed by atoms with Crippen LogP contribution < -0.4 is 22.7 Å². The number of aromatic nitrogens is 4. The van der Waals surface area contributed by atoms with Crippen LogP contribution in [0.4, 0.5) is 5.82 Å². The lowest BCUT2D eigenvalue weighted by atomic mass is 9.90. The predicted molar refractivity (Wildman–Crippen MR) is 120 cm³/mol. The van der Waals surface area contributed by atoms with E-state index in [4.69, 9.17) is 25.4 Å². The minimum Gasteiger partial charge on any atom is -0.394 e. The summed E-state index contributed by atoms with van der Waals surface area (Å²) in [5.41, 5.74) is 0.249. The summed E-state index contributed by atoms with van der Waals surface area (Å²) in [5, 5.41) is 57.3. The molecule has 2 fully saturated rings. The highest BCUT2D eigenvalue weighted by Crippen LogP contribution is 2.37. The van der Waals surface area contributed by atoms with Crippen LogP contribution in [0.3, 0.4) is 0 Å². The Hall–Kier alpha value is -2.96. The first-order valence-electron chi connectivity index (χ1n) is 10.8. The molecule has 2 aliphatic heterocycles. The Bertz CT molecular complexity index is 1250. The first kappa shape index (κ1) is 27.6. The fourth-order valence-corrected chi connectivity index (χ4v) is 4.19. The van der Waals surface area contributed by atoms with Crippen LogP contribution in [0.5, 0.6) is 0 Å². The molecule has 2 aromatic heterocycles. The van der Waals surface area contributed by atoms with Crippen LogP contribution in [0.15, 0.2) is 32.8 Å². The number of nitrogens with zero attached hydrogens (tertiary/aromatic N) is 2. The Labute approximate surface area is 202 Å². The number of nitrogen functional groups attached to an aromatic ring is 1.